The van der Waals surface area contributed by atoms with Crippen molar-refractivity contribution in [3.8, 4) is 0 Å². The molecule has 4 heteroatoms. The first-order valence-corrected chi connectivity index (χ1v) is 6.74. The third-order valence-corrected chi connectivity index (χ3v) is 3.48. The van der Waals surface area contributed by atoms with Gasteiger partial charge in [0.25, 0.3) is 5.91 Å². The van der Waals surface area contributed by atoms with Crippen molar-refractivity contribution in [2.75, 3.05) is 6.61 Å². The summed E-state index contributed by atoms with van der Waals surface area (Å²) < 4.78 is 5.65. The molecule has 0 saturated carbocycles. The van der Waals surface area contributed by atoms with Gasteiger partial charge in [0.2, 0.25) is 0 Å². The highest BCUT2D eigenvalue weighted by molar-refractivity contribution is 5.94. The fraction of sp³-hybridized carbons (Fsp3) is 0.533. The molecule has 1 saturated heterocycles. The summed E-state index contributed by atoms with van der Waals surface area (Å²) in [5.41, 5.74) is 7.10. The van der Waals surface area contributed by atoms with Gasteiger partial charge < -0.3 is 15.8 Å². The summed E-state index contributed by atoms with van der Waals surface area (Å²) in [4.78, 5) is 12.1. The van der Waals surface area contributed by atoms with Crippen molar-refractivity contribution in [1.29, 1.82) is 0 Å². The number of nitrogens with two attached hydrogens (primary N) is 1. The maximum absolute atomic E-state index is 12.1. The fourth-order valence-electron chi connectivity index (χ4n) is 2.42. The molecular formula is C15H22N2O2. The Morgan fingerprint density at radius 1 is 1.42 bits per heavy atom. The summed E-state index contributed by atoms with van der Waals surface area (Å²) in [7, 11) is 0. The maximum Gasteiger partial charge on any atom is 0.251 e. The second-order valence-corrected chi connectivity index (χ2v) is 5.67. The van der Waals surface area contributed by atoms with E-state index in [-0.39, 0.29) is 17.6 Å². The third-order valence-electron chi connectivity index (χ3n) is 3.48. The number of carbonyl (C=O) groups is 1. The monoisotopic (exact) mass is 262 g/mol. The van der Waals surface area contributed by atoms with Crippen LogP contribution in [0.25, 0.3) is 0 Å². The van der Waals surface area contributed by atoms with Crippen molar-refractivity contribution < 1.29 is 9.53 Å². The van der Waals surface area contributed by atoms with Gasteiger partial charge in [0.1, 0.15) is 0 Å². The van der Waals surface area contributed by atoms with Gasteiger partial charge in [-0.25, -0.2) is 0 Å². The Morgan fingerprint density at radius 2 is 2.11 bits per heavy atom. The molecule has 2 rings (SSSR count). The van der Waals surface area contributed by atoms with Crippen LogP contribution in [0, 0.1) is 0 Å². The molecule has 1 amide bonds. The molecule has 1 aromatic carbocycles. The fourth-order valence-corrected chi connectivity index (χ4v) is 2.42. The van der Waals surface area contributed by atoms with Gasteiger partial charge in [-0.3, -0.25) is 4.79 Å². The maximum atomic E-state index is 12.1. The van der Waals surface area contributed by atoms with Crippen LogP contribution in [-0.4, -0.2) is 24.2 Å². The van der Waals surface area contributed by atoms with Crippen molar-refractivity contribution in [3.63, 3.8) is 0 Å². The number of hydrogen-bond donors (Lipinski definition) is 2. The summed E-state index contributed by atoms with van der Waals surface area (Å²) in [6.45, 7) is 5.31. The summed E-state index contributed by atoms with van der Waals surface area (Å²) in [5.74, 6) is -0.0220. The normalized spacial score (nSPS) is 21.9. The zero-order valence-electron chi connectivity index (χ0n) is 11.6. The van der Waals surface area contributed by atoms with Crippen LogP contribution in [0.4, 0.5) is 0 Å². The standard InChI is InChI=1S/C15H22N2O2/c1-15(2)9-13(7-8-19-15)17-14(18)12-5-3-11(10-16)4-6-12/h3-6,13H,7-10,16H2,1-2H3,(H,17,18). The van der Waals surface area contributed by atoms with Gasteiger partial charge in [-0.1, -0.05) is 12.1 Å². The lowest BCUT2D eigenvalue weighted by Crippen LogP contribution is -2.45. The van der Waals surface area contributed by atoms with E-state index in [1.165, 1.54) is 0 Å². The molecule has 1 aliphatic rings. The Hall–Kier alpha value is -1.39. The third kappa shape index (κ3) is 3.78. The van der Waals surface area contributed by atoms with Crippen LogP contribution < -0.4 is 11.1 Å². The van der Waals surface area contributed by atoms with Gasteiger partial charge in [-0.05, 0) is 44.4 Å². The summed E-state index contributed by atoms with van der Waals surface area (Å²) in [6, 6.07) is 7.61. The molecule has 0 aromatic heterocycles. The molecule has 1 aliphatic heterocycles. The largest absolute Gasteiger partial charge is 0.375 e. The molecule has 1 fully saturated rings. The zero-order valence-corrected chi connectivity index (χ0v) is 11.6. The summed E-state index contributed by atoms with van der Waals surface area (Å²) >= 11 is 0. The zero-order chi connectivity index (χ0) is 13.9. The van der Waals surface area contributed by atoms with Crippen molar-refractivity contribution >= 4 is 5.91 Å². The first-order chi connectivity index (χ1) is 9.00. The van der Waals surface area contributed by atoms with Gasteiger partial charge in [-0.15, -0.1) is 0 Å². The second-order valence-electron chi connectivity index (χ2n) is 5.67. The van der Waals surface area contributed by atoms with E-state index in [2.05, 4.69) is 19.2 Å². The number of carbonyl (C=O) groups excluding carboxylic acids is 1. The number of amides is 1. The predicted octanol–water partition coefficient (Wildman–Crippen LogP) is 1.83. The Labute approximate surface area is 114 Å². The Bertz CT molecular complexity index is 440. The topological polar surface area (TPSA) is 64.4 Å². The van der Waals surface area contributed by atoms with E-state index in [4.69, 9.17) is 10.5 Å². The summed E-state index contributed by atoms with van der Waals surface area (Å²) in [6.07, 6.45) is 1.72. The van der Waals surface area contributed by atoms with Crippen molar-refractivity contribution in [2.45, 2.75) is 44.9 Å². The Balaban J connectivity index is 1.96. The van der Waals surface area contributed by atoms with Crippen LogP contribution in [0.5, 0.6) is 0 Å². The van der Waals surface area contributed by atoms with E-state index >= 15 is 0 Å². The van der Waals surface area contributed by atoms with Crippen molar-refractivity contribution in [1.82, 2.24) is 5.32 Å². The molecule has 104 valence electrons. The lowest BCUT2D eigenvalue weighted by atomic mass is 9.93. The first-order valence-electron chi connectivity index (χ1n) is 6.74. The van der Waals surface area contributed by atoms with E-state index in [1.54, 1.807) is 0 Å². The predicted molar refractivity (Wildman–Crippen MR) is 74.9 cm³/mol. The molecule has 0 aliphatic carbocycles. The minimum absolute atomic E-state index is 0.0220. The molecule has 0 radical (unpaired) electrons. The van der Waals surface area contributed by atoms with Crippen LogP contribution in [-0.2, 0) is 11.3 Å². The van der Waals surface area contributed by atoms with Gasteiger partial charge in [-0.2, -0.15) is 0 Å². The molecule has 1 aromatic rings. The highest BCUT2D eigenvalue weighted by atomic mass is 16.5. The molecule has 4 nitrogen and oxygen atoms in total. The lowest BCUT2D eigenvalue weighted by molar-refractivity contribution is -0.0615. The van der Waals surface area contributed by atoms with E-state index in [0.717, 1.165) is 18.4 Å². The molecule has 1 unspecified atom stereocenters. The average Bonchev–Trinajstić information content (AvgIpc) is 2.37. The van der Waals surface area contributed by atoms with Crippen molar-refractivity contribution in [3.05, 3.63) is 35.4 Å². The molecule has 19 heavy (non-hydrogen) atoms. The van der Waals surface area contributed by atoms with Gasteiger partial charge in [0.15, 0.2) is 0 Å². The molecule has 3 N–H and O–H groups in total. The number of hydrogen-bond acceptors (Lipinski definition) is 3. The smallest absolute Gasteiger partial charge is 0.251 e. The SMILES string of the molecule is CC1(C)CC(NC(=O)c2ccc(CN)cc2)CCO1. The van der Waals surface area contributed by atoms with Crippen LogP contribution in [0.3, 0.4) is 0 Å². The first kappa shape index (κ1) is 14.0. The quantitative estimate of drug-likeness (QED) is 0.873. The van der Waals surface area contributed by atoms with Crippen LogP contribution in [0.2, 0.25) is 0 Å². The highest BCUT2D eigenvalue weighted by Gasteiger charge is 2.29. The molecule has 1 atom stereocenters. The number of ether oxygens (including phenoxy) is 1. The average molecular weight is 262 g/mol. The van der Waals surface area contributed by atoms with E-state index in [1.807, 2.05) is 24.3 Å². The highest BCUT2D eigenvalue weighted by Crippen LogP contribution is 2.24. The minimum atomic E-state index is -0.153. The van der Waals surface area contributed by atoms with Gasteiger partial charge in [0, 0.05) is 24.8 Å². The van der Waals surface area contributed by atoms with Gasteiger partial charge >= 0.3 is 0 Å². The van der Waals surface area contributed by atoms with Crippen LogP contribution in [0.15, 0.2) is 24.3 Å². The minimum Gasteiger partial charge on any atom is -0.375 e. The molecule has 0 bridgehead atoms. The molecule has 0 spiro atoms. The number of nitrogens with one attached hydrogen (secondary N) is 1. The molecule has 1 heterocycles. The lowest BCUT2D eigenvalue weighted by Gasteiger charge is -2.35. The van der Waals surface area contributed by atoms with E-state index in [0.29, 0.717) is 18.7 Å². The second kappa shape index (κ2) is 5.72. The van der Waals surface area contributed by atoms with Crippen molar-refractivity contribution in [2.24, 2.45) is 5.73 Å². The van der Waals surface area contributed by atoms with E-state index < -0.39 is 0 Å². The van der Waals surface area contributed by atoms with E-state index in [9.17, 15) is 4.79 Å². The molecular weight excluding hydrogens is 240 g/mol. The van der Waals surface area contributed by atoms with Gasteiger partial charge in [0.05, 0.1) is 5.60 Å². The number of benzene rings is 1. The van der Waals surface area contributed by atoms with Crippen LogP contribution >= 0.6 is 0 Å². The summed E-state index contributed by atoms with van der Waals surface area (Å²) in [5, 5.41) is 3.08. The number of rotatable bonds is 3. The Morgan fingerprint density at radius 3 is 2.68 bits per heavy atom. The van der Waals surface area contributed by atoms with Crippen LogP contribution in [0.1, 0.15) is 42.6 Å². The Kier molecular flexibility index (Phi) is 4.22.